The highest BCUT2D eigenvalue weighted by atomic mass is 35.5. The maximum atomic E-state index is 13.2. The monoisotopic (exact) mass is 378 g/mol. The third kappa shape index (κ3) is 4.36. The summed E-state index contributed by atoms with van der Waals surface area (Å²) in [5.41, 5.74) is 0.131. The molecular formula is C21H31ClN2O2. The van der Waals surface area contributed by atoms with Crippen LogP contribution < -0.4 is 0 Å². The molecule has 1 saturated heterocycles. The second-order valence-electron chi connectivity index (χ2n) is 6.83. The van der Waals surface area contributed by atoms with Crippen molar-refractivity contribution in [2.45, 2.75) is 51.5 Å². The normalized spacial score (nSPS) is 21.0. The molecule has 0 aliphatic carbocycles. The molecule has 1 aliphatic rings. The standard InChI is InChI=1S/C21H30N2O2.ClH/c1-5-14-21(18-11-9-8-10-12-18)16-19(24)23(20(21)25)15-13-17(4)22(6-2)7-3;/h5,8-12,17H,1,6-7,13-16H2,2-4H3;1H. The molecule has 1 aliphatic heterocycles. The fraction of sp³-hybridized carbons (Fsp3) is 0.524. The Morgan fingerprint density at radius 3 is 2.38 bits per heavy atom. The lowest BCUT2D eigenvalue weighted by molar-refractivity contribution is -0.140. The number of benzene rings is 1. The lowest BCUT2D eigenvalue weighted by Crippen LogP contribution is -2.41. The van der Waals surface area contributed by atoms with Crippen molar-refractivity contribution in [3.63, 3.8) is 0 Å². The zero-order valence-electron chi connectivity index (χ0n) is 16.1. The molecule has 2 atom stereocenters. The van der Waals surface area contributed by atoms with Crippen LogP contribution in [0.25, 0.3) is 0 Å². The van der Waals surface area contributed by atoms with E-state index in [2.05, 4.69) is 32.3 Å². The molecule has 26 heavy (non-hydrogen) atoms. The fourth-order valence-electron chi connectivity index (χ4n) is 3.88. The van der Waals surface area contributed by atoms with Crippen LogP contribution in [0.3, 0.4) is 0 Å². The number of hydrogen-bond donors (Lipinski definition) is 0. The van der Waals surface area contributed by atoms with Crippen molar-refractivity contribution >= 4 is 24.2 Å². The molecule has 1 aromatic carbocycles. The van der Waals surface area contributed by atoms with Crippen LogP contribution in [0.5, 0.6) is 0 Å². The van der Waals surface area contributed by atoms with Crippen LogP contribution in [-0.2, 0) is 15.0 Å². The van der Waals surface area contributed by atoms with E-state index in [1.807, 2.05) is 30.3 Å². The summed E-state index contributed by atoms with van der Waals surface area (Å²) in [5, 5.41) is 0. The summed E-state index contributed by atoms with van der Waals surface area (Å²) in [6, 6.07) is 10.00. The Kier molecular flexibility index (Phi) is 8.51. The van der Waals surface area contributed by atoms with Crippen LogP contribution >= 0.6 is 12.4 Å². The predicted octanol–water partition coefficient (Wildman–Crippen LogP) is 3.80. The zero-order chi connectivity index (χ0) is 18.4. The van der Waals surface area contributed by atoms with Crippen molar-refractivity contribution in [1.82, 2.24) is 9.80 Å². The molecule has 144 valence electrons. The van der Waals surface area contributed by atoms with Gasteiger partial charge in [0.05, 0.1) is 5.41 Å². The van der Waals surface area contributed by atoms with Crippen LogP contribution in [0.15, 0.2) is 43.0 Å². The van der Waals surface area contributed by atoms with Crippen molar-refractivity contribution in [3.8, 4) is 0 Å². The van der Waals surface area contributed by atoms with E-state index in [1.54, 1.807) is 6.08 Å². The Bertz CT molecular complexity index is 616. The lowest BCUT2D eigenvalue weighted by Gasteiger charge is -2.29. The largest absolute Gasteiger partial charge is 0.301 e. The first-order valence-corrected chi connectivity index (χ1v) is 9.25. The molecule has 1 heterocycles. The van der Waals surface area contributed by atoms with Crippen LogP contribution in [0.1, 0.15) is 45.6 Å². The molecule has 0 radical (unpaired) electrons. The van der Waals surface area contributed by atoms with Crippen molar-refractivity contribution in [1.29, 1.82) is 0 Å². The molecule has 1 aromatic rings. The topological polar surface area (TPSA) is 40.6 Å². The van der Waals surface area contributed by atoms with Crippen molar-refractivity contribution in [2.75, 3.05) is 19.6 Å². The first kappa shape index (κ1) is 22.4. The van der Waals surface area contributed by atoms with Gasteiger partial charge in [0.1, 0.15) is 0 Å². The summed E-state index contributed by atoms with van der Waals surface area (Å²) in [6.07, 6.45) is 3.28. The summed E-state index contributed by atoms with van der Waals surface area (Å²) >= 11 is 0. The van der Waals surface area contributed by atoms with Crippen molar-refractivity contribution in [2.24, 2.45) is 0 Å². The van der Waals surface area contributed by atoms with Crippen LogP contribution in [0.2, 0.25) is 0 Å². The summed E-state index contributed by atoms with van der Waals surface area (Å²) in [7, 11) is 0. The number of likely N-dealkylation sites (tertiary alicyclic amines) is 1. The van der Waals surface area contributed by atoms with E-state index in [0.29, 0.717) is 19.0 Å². The van der Waals surface area contributed by atoms with Gasteiger partial charge in [-0.3, -0.25) is 14.5 Å². The van der Waals surface area contributed by atoms with E-state index in [-0.39, 0.29) is 30.6 Å². The number of carbonyl (C=O) groups is 2. The van der Waals surface area contributed by atoms with Crippen molar-refractivity contribution in [3.05, 3.63) is 48.6 Å². The Morgan fingerprint density at radius 2 is 1.85 bits per heavy atom. The van der Waals surface area contributed by atoms with Crippen LogP contribution in [0.4, 0.5) is 0 Å². The predicted molar refractivity (Wildman–Crippen MR) is 109 cm³/mol. The van der Waals surface area contributed by atoms with E-state index in [9.17, 15) is 9.59 Å². The number of rotatable bonds is 9. The van der Waals surface area contributed by atoms with Gasteiger partial charge in [0.25, 0.3) is 0 Å². The van der Waals surface area contributed by atoms with E-state index in [1.165, 1.54) is 4.90 Å². The van der Waals surface area contributed by atoms with Gasteiger partial charge in [0.2, 0.25) is 11.8 Å². The summed E-state index contributed by atoms with van der Waals surface area (Å²) in [5.74, 6) is -0.141. The van der Waals surface area contributed by atoms with Crippen molar-refractivity contribution < 1.29 is 9.59 Å². The highest BCUT2D eigenvalue weighted by molar-refractivity contribution is 6.09. The Labute approximate surface area is 163 Å². The minimum absolute atomic E-state index is 0. The van der Waals surface area contributed by atoms with Gasteiger partial charge in [-0.25, -0.2) is 0 Å². The third-order valence-electron chi connectivity index (χ3n) is 5.43. The van der Waals surface area contributed by atoms with Gasteiger partial charge in [-0.2, -0.15) is 0 Å². The highest BCUT2D eigenvalue weighted by Gasteiger charge is 2.51. The SMILES string of the molecule is C=CCC1(c2ccccc2)CC(=O)N(CCC(C)N(CC)CC)C1=O.Cl. The first-order chi connectivity index (χ1) is 12.0. The molecule has 1 fully saturated rings. The van der Waals surface area contributed by atoms with E-state index < -0.39 is 5.41 Å². The molecule has 2 unspecified atom stereocenters. The van der Waals surface area contributed by atoms with Gasteiger partial charge in [-0.1, -0.05) is 50.3 Å². The van der Waals surface area contributed by atoms with E-state index >= 15 is 0 Å². The molecule has 0 N–H and O–H groups in total. The number of hydrogen-bond acceptors (Lipinski definition) is 3. The Balaban J connectivity index is 0.00000338. The average Bonchev–Trinajstić information content (AvgIpc) is 2.86. The molecule has 2 amide bonds. The van der Waals surface area contributed by atoms with Gasteiger partial charge in [0.15, 0.2) is 0 Å². The fourth-order valence-corrected chi connectivity index (χ4v) is 3.88. The molecule has 0 saturated carbocycles. The number of carbonyl (C=O) groups excluding carboxylic acids is 2. The zero-order valence-corrected chi connectivity index (χ0v) is 16.9. The third-order valence-corrected chi connectivity index (χ3v) is 5.43. The molecule has 0 bridgehead atoms. The molecule has 5 heteroatoms. The number of nitrogens with zero attached hydrogens (tertiary/aromatic N) is 2. The molecule has 2 rings (SSSR count). The van der Waals surface area contributed by atoms with Gasteiger partial charge in [-0.15, -0.1) is 19.0 Å². The summed E-state index contributed by atoms with van der Waals surface area (Å²) in [6.45, 7) is 12.7. The first-order valence-electron chi connectivity index (χ1n) is 9.25. The number of amides is 2. The quantitative estimate of drug-likeness (QED) is 0.484. The maximum absolute atomic E-state index is 13.2. The van der Waals surface area contributed by atoms with Gasteiger partial charge in [0, 0.05) is 19.0 Å². The summed E-state index contributed by atoms with van der Waals surface area (Å²) < 4.78 is 0. The molecule has 4 nitrogen and oxygen atoms in total. The maximum Gasteiger partial charge on any atom is 0.240 e. The molecule has 0 aromatic heterocycles. The van der Waals surface area contributed by atoms with E-state index in [4.69, 9.17) is 0 Å². The van der Waals surface area contributed by atoms with Crippen LogP contribution in [0, 0.1) is 0 Å². The summed E-state index contributed by atoms with van der Waals surface area (Å²) in [4.78, 5) is 29.6. The number of halogens is 1. The van der Waals surface area contributed by atoms with Crippen LogP contribution in [-0.4, -0.2) is 47.3 Å². The van der Waals surface area contributed by atoms with Gasteiger partial charge in [-0.05, 0) is 38.4 Å². The number of imide groups is 1. The molecular weight excluding hydrogens is 348 g/mol. The minimum atomic E-state index is -0.779. The minimum Gasteiger partial charge on any atom is -0.301 e. The smallest absolute Gasteiger partial charge is 0.240 e. The Morgan fingerprint density at radius 1 is 1.23 bits per heavy atom. The second-order valence-corrected chi connectivity index (χ2v) is 6.83. The van der Waals surface area contributed by atoms with Gasteiger partial charge >= 0.3 is 0 Å². The second kappa shape index (κ2) is 9.89. The number of allylic oxidation sites excluding steroid dienone is 1. The lowest BCUT2D eigenvalue weighted by atomic mass is 9.76. The Hall–Kier alpha value is -1.65. The van der Waals surface area contributed by atoms with E-state index in [0.717, 1.165) is 25.1 Å². The highest BCUT2D eigenvalue weighted by Crippen LogP contribution is 2.40. The molecule has 0 spiro atoms. The van der Waals surface area contributed by atoms with Gasteiger partial charge < -0.3 is 4.90 Å². The average molecular weight is 379 g/mol.